The number of nitrogens with zero attached hydrogens (tertiary/aromatic N) is 1. The molecule has 4 nitrogen and oxygen atoms in total. The van der Waals surface area contributed by atoms with Crippen LogP contribution in [-0.4, -0.2) is 41.7 Å². The third-order valence-electron chi connectivity index (χ3n) is 4.19. The molecule has 1 amide bonds. The van der Waals surface area contributed by atoms with Crippen molar-refractivity contribution in [2.24, 2.45) is 5.92 Å². The second kappa shape index (κ2) is 7.46. The molecular formula is C17H25NO3. The van der Waals surface area contributed by atoms with Gasteiger partial charge in [0.25, 0.3) is 5.91 Å². The van der Waals surface area contributed by atoms with Gasteiger partial charge in [0.05, 0.1) is 6.10 Å². The summed E-state index contributed by atoms with van der Waals surface area (Å²) in [5, 5.41) is 9.66. The Morgan fingerprint density at radius 2 is 2.14 bits per heavy atom. The van der Waals surface area contributed by atoms with Gasteiger partial charge in [0.15, 0.2) is 6.61 Å². The van der Waals surface area contributed by atoms with E-state index in [4.69, 9.17) is 4.74 Å². The first kappa shape index (κ1) is 15.8. The fourth-order valence-corrected chi connectivity index (χ4v) is 2.69. The first-order valence-corrected chi connectivity index (χ1v) is 7.77. The van der Waals surface area contributed by atoms with E-state index in [1.165, 1.54) is 5.56 Å². The molecule has 1 saturated heterocycles. The van der Waals surface area contributed by atoms with Crippen LogP contribution in [-0.2, 0) is 11.2 Å². The Morgan fingerprint density at radius 3 is 2.76 bits per heavy atom. The maximum Gasteiger partial charge on any atom is 0.260 e. The second-order valence-corrected chi connectivity index (χ2v) is 5.77. The maximum absolute atomic E-state index is 12.2. The number of piperidine rings is 1. The van der Waals surface area contributed by atoms with E-state index >= 15 is 0 Å². The number of carbonyl (C=O) groups excluding carboxylic acids is 1. The zero-order valence-electron chi connectivity index (χ0n) is 12.9. The van der Waals surface area contributed by atoms with Gasteiger partial charge in [-0.25, -0.2) is 0 Å². The molecule has 0 saturated carbocycles. The summed E-state index contributed by atoms with van der Waals surface area (Å²) in [5.74, 6) is 0.913. The number of aliphatic hydroxyl groups excluding tert-OH is 1. The van der Waals surface area contributed by atoms with Crippen molar-refractivity contribution in [3.8, 4) is 5.75 Å². The van der Waals surface area contributed by atoms with Gasteiger partial charge in [-0.15, -0.1) is 0 Å². The van der Waals surface area contributed by atoms with Crippen molar-refractivity contribution < 1.29 is 14.6 Å². The summed E-state index contributed by atoms with van der Waals surface area (Å²) in [4.78, 5) is 14.0. The van der Waals surface area contributed by atoms with Crippen molar-refractivity contribution in [3.05, 3.63) is 29.8 Å². The third-order valence-corrected chi connectivity index (χ3v) is 4.19. The summed E-state index contributed by atoms with van der Waals surface area (Å²) in [6.45, 7) is 5.37. The number of aliphatic hydroxyl groups is 1. The van der Waals surface area contributed by atoms with Crippen LogP contribution < -0.4 is 4.74 Å². The molecule has 0 aliphatic carbocycles. The lowest BCUT2D eigenvalue weighted by Gasteiger charge is -2.34. The van der Waals surface area contributed by atoms with Crippen molar-refractivity contribution in [2.45, 2.75) is 39.2 Å². The molecule has 1 N–H and O–H groups in total. The predicted octanol–water partition coefficient (Wildman–Crippen LogP) is 2.25. The number of ether oxygens (including phenoxy) is 1. The number of likely N-dealkylation sites (tertiary alicyclic amines) is 1. The minimum Gasteiger partial charge on any atom is -0.484 e. The summed E-state index contributed by atoms with van der Waals surface area (Å²) >= 11 is 0. The van der Waals surface area contributed by atoms with Crippen LogP contribution in [0.2, 0.25) is 0 Å². The highest BCUT2D eigenvalue weighted by atomic mass is 16.5. The molecule has 4 heteroatoms. The molecular weight excluding hydrogens is 266 g/mol. The average molecular weight is 291 g/mol. The van der Waals surface area contributed by atoms with E-state index in [1.807, 2.05) is 24.3 Å². The van der Waals surface area contributed by atoms with Crippen LogP contribution in [0.3, 0.4) is 0 Å². The van der Waals surface area contributed by atoms with E-state index in [9.17, 15) is 9.90 Å². The van der Waals surface area contributed by atoms with Gasteiger partial charge in [0.1, 0.15) is 5.75 Å². The molecule has 1 aromatic carbocycles. The van der Waals surface area contributed by atoms with E-state index in [-0.39, 0.29) is 24.5 Å². The molecule has 0 bridgehead atoms. The van der Waals surface area contributed by atoms with Gasteiger partial charge in [0.2, 0.25) is 0 Å². The molecule has 0 spiro atoms. The van der Waals surface area contributed by atoms with Crippen LogP contribution in [0.5, 0.6) is 5.75 Å². The average Bonchev–Trinajstić information content (AvgIpc) is 2.53. The highest BCUT2D eigenvalue weighted by molar-refractivity contribution is 5.77. The second-order valence-electron chi connectivity index (χ2n) is 5.77. The highest BCUT2D eigenvalue weighted by Crippen LogP contribution is 2.20. The van der Waals surface area contributed by atoms with Gasteiger partial charge < -0.3 is 14.7 Å². The molecule has 2 atom stereocenters. The molecule has 2 unspecified atom stereocenters. The molecule has 1 aliphatic heterocycles. The molecule has 1 heterocycles. The molecule has 21 heavy (non-hydrogen) atoms. The van der Waals surface area contributed by atoms with Gasteiger partial charge in [-0.3, -0.25) is 4.79 Å². The van der Waals surface area contributed by atoms with Gasteiger partial charge in [-0.1, -0.05) is 19.1 Å². The molecule has 1 fully saturated rings. The summed E-state index contributed by atoms with van der Waals surface area (Å²) in [6.07, 6.45) is 2.57. The van der Waals surface area contributed by atoms with E-state index in [2.05, 4.69) is 6.92 Å². The zero-order chi connectivity index (χ0) is 15.2. The van der Waals surface area contributed by atoms with Crippen LogP contribution in [0.4, 0.5) is 0 Å². The topological polar surface area (TPSA) is 49.8 Å². The van der Waals surface area contributed by atoms with E-state index in [0.29, 0.717) is 6.54 Å². The first-order chi connectivity index (χ1) is 10.1. The number of aryl methyl sites for hydroxylation is 1. The Hall–Kier alpha value is -1.55. The van der Waals surface area contributed by atoms with Gasteiger partial charge in [-0.05, 0) is 43.9 Å². The number of hydrogen-bond acceptors (Lipinski definition) is 3. The minimum atomic E-state index is -0.358. The first-order valence-electron chi connectivity index (χ1n) is 7.77. The monoisotopic (exact) mass is 291 g/mol. The number of hydrogen-bond donors (Lipinski definition) is 1. The molecule has 2 rings (SSSR count). The SMILES string of the molecule is CCc1ccc(OCC(=O)N2CCCC(C(C)O)C2)cc1. The molecule has 1 aliphatic rings. The standard InChI is InChI=1S/C17H25NO3/c1-3-14-6-8-16(9-7-14)21-12-17(20)18-10-4-5-15(11-18)13(2)19/h6-9,13,15,19H,3-5,10-12H2,1-2H3. The van der Waals surface area contributed by atoms with Crippen molar-refractivity contribution in [3.63, 3.8) is 0 Å². The lowest BCUT2D eigenvalue weighted by Crippen LogP contribution is -2.44. The fourth-order valence-electron chi connectivity index (χ4n) is 2.69. The van der Waals surface area contributed by atoms with Crippen LogP contribution in [0.25, 0.3) is 0 Å². The highest BCUT2D eigenvalue weighted by Gasteiger charge is 2.26. The zero-order valence-corrected chi connectivity index (χ0v) is 12.9. The lowest BCUT2D eigenvalue weighted by atomic mass is 9.93. The largest absolute Gasteiger partial charge is 0.484 e. The molecule has 0 aromatic heterocycles. The maximum atomic E-state index is 12.2. The Kier molecular flexibility index (Phi) is 5.62. The quantitative estimate of drug-likeness (QED) is 0.905. The van der Waals surface area contributed by atoms with Crippen molar-refractivity contribution >= 4 is 5.91 Å². The molecule has 116 valence electrons. The van der Waals surface area contributed by atoms with E-state index in [1.54, 1.807) is 11.8 Å². The van der Waals surface area contributed by atoms with Crippen LogP contribution in [0.1, 0.15) is 32.3 Å². The Labute approximate surface area is 126 Å². The number of amides is 1. The number of rotatable bonds is 5. The van der Waals surface area contributed by atoms with Crippen molar-refractivity contribution in [2.75, 3.05) is 19.7 Å². The number of benzene rings is 1. The predicted molar refractivity (Wildman–Crippen MR) is 82.3 cm³/mol. The van der Waals surface area contributed by atoms with Crippen LogP contribution in [0.15, 0.2) is 24.3 Å². The smallest absolute Gasteiger partial charge is 0.260 e. The van der Waals surface area contributed by atoms with E-state index in [0.717, 1.165) is 31.6 Å². The Morgan fingerprint density at radius 1 is 1.43 bits per heavy atom. The summed E-state index contributed by atoms with van der Waals surface area (Å²) < 4.78 is 5.56. The van der Waals surface area contributed by atoms with Gasteiger partial charge in [0, 0.05) is 19.0 Å². The van der Waals surface area contributed by atoms with Gasteiger partial charge in [-0.2, -0.15) is 0 Å². The fraction of sp³-hybridized carbons (Fsp3) is 0.588. The van der Waals surface area contributed by atoms with Crippen LogP contribution >= 0.6 is 0 Å². The van der Waals surface area contributed by atoms with Crippen molar-refractivity contribution in [1.29, 1.82) is 0 Å². The van der Waals surface area contributed by atoms with E-state index < -0.39 is 0 Å². The Bertz CT molecular complexity index is 456. The summed E-state index contributed by atoms with van der Waals surface area (Å²) in [6, 6.07) is 7.84. The summed E-state index contributed by atoms with van der Waals surface area (Å²) in [5.41, 5.74) is 1.25. The third kappa shape index (κ3) is 4.46. The lowest BCUT2D eigenvalue weighted by molar-refractivity contribution is -0.136. The normalized spacial score (nSPS) is 20.1. The van der Waals surface area contributed by atoms with Crippen molar-refractivity contribution in [1.82, 2.24) is 4.90 Å². The summed E-state index contributed by atoms with van der Waals surface area (Å²) in [7, 11) is 0. The molecule has 1 aromatic rings. The Balaban J connectivity index is 1.83. The van der Waals surface area contributed by atoms with Gasteiger partial charge >= 0.3 is 0 Å². The molecule has 0 radical (unpaired) electrons. The number of carbonyl (C=O) groups is 1. The minimum absolute atomic E-state index is 0.0000759. The van der Waals surface area contributed by atoms with Crippen LogP contribution in [0, 0.1) is 5.92 Å².